The predicted octanol–water partition coefficient (Wildman–Crippen LogP) is 3.12. The lowest BCUT2D eigenvalue weighted by molar-refractivity contribution is -0.133. The third-order valence-corrected chi connectivity index (χ3v) is 4.43. The normalized spacial score (nSPS) is 15.5. The van der Waals surface area contributed by atoms with E-state index < -0.39 is 12.1 Å². The number of rotatable bonds is 6. The summed E-state index contributed by atoms with van der Waals surface area (Å²) in [7, 11) is 0. The van der Waals surface area contributed by atoms with Crippen LogP contribution in [-0.2, 0) is 11.3 Å². The predicted molar refractivity (Wildman–Crippen MR) is 95.0 cm³/mol. The summed E-state index contributed by atoms with van der Waals surface area (Å²) in [6.45, 7) is 0.829. The van der Waals surface area contributed by atoms with Crippen molar-refractivity contribution in [3.63, 3.8) is 0 Å². The SMILES string of the molecule is FCC1(Cn2cc(-c3nc(Nc4ccccn4)ncc3Cl)cn2)COC1. The molecule has 1 saturated heterocycles. The quantitative estimate of drug-likeness (QED) is 0.714. The maximum absolute atomic E-state index is 13.3. The van der Waals surface area contributed by atoms with Crippen molar-refractivity contribution in [3.8, 4) is 11.3 Å². The van der Waals surface area contributed by atoms with Crippen LogP contribution in [0.2, 0.25) is 5.02 Å². The summed E-state index contributed by atoms with van der Waals surface area (Å²) in [5.41, 5.74) is 0.797. The number of anilines is 2. The molecule has 0 unspecified atom stereocenters. The zero-order valence-corrected chi connectivity index (χ0v) is 14.5. The van der Waals surface area contributed by atoms with Crippen LogP contribution in [0.4, 0.5) is 16.2 Å². The molecule has 0 aliphatic carbocycles. The molecule has 0 bridgehead atoms. The van der Waals surface area contributed by atoms with Gasteiger partial charge in [-0.05, 0) is 12.1 Å². The lowest BCUT2D eigenvalue weighted by atomic mass is 9.88. The highest BCUT2D eigenvalue weighted by Crippen LogP contribution is 2.31. The lowest BCUT2D eigenvalue weighted by Crippen LogP contribution is -2.47. The van der Waals surface area contributed by atoms with E-state index in [4.69, 9.17) is 16.3 Å². The summed E-state index contributed by atoms with van der Waals surface area (Å²) in [5, 5.41) is 7.74. The van der Waals surface area contributed by atoms with Gasteiger partial charge in [0.15, 0.2) is 0 Å². The number of pyridine rings is 1. The second kappa shape index (κ2) is 6.97. The Balaban J connectivity index is 1.56. The van der Waals surface area contributed by atoms with E-state index in [0.29, 0.717) is 42.2 Å². The van der Waals surface area contributed by atoms with Crippen LogP contribution in [-0.4, -0.2) is 44.6 Å². The fourth-order valence-corrected chi connectivity index (χ4v) is 2.90. The van der Waals surface area contributed by atoms with Gasteiger partial charge in [-0.2, -0.15) is 5.10 Å². The van der Waals surface area contributed by atoms with Crippen LogP contribution in [0.3, 0.4) is 0 Å². The van der Waals surface area contributed by atoms with E-state index in [1.165, 1.54) is 6.20 Å². The van der Waals surface area contributed by atoms with Crippen molar-refractivity contribution in [1.82, 2.24) is 24.7 Å². The zero-order valence-electron chi connectivity index (χ0n) is 13.8. The van der Waals surface area contributed by atoms with E-state index in [2.05, 4.69) is 25.4 Å². The molecule has 3 aromatic heterocycles. The molecule has 0 spiro atoms. The summed E-state index contributed by atoms with van der Waals surface area (Å²) >= 11 is 6.26. The zero-order chi connectivity index (χ0) is 18.0. The van der Waals surface area contributed by atoms with Gasteiger partial charge in [-0.15, -0.1) is 0 Å². The minimum atomic E-state index is -0.482. The highest BCUT2D eigenvalue weighted by atomic mass is 35.5. The number of nitrogens with zero attached hydrogens (tertiary/aromatic N) is 5. The Morgan fingerprint density at radius 3 is 2.85 bits per heavy atom. The molecule has 0 radical (unpaired) electrons. The van der Waals surface area contributed by atoms with Gasteiger partial charge in [0.1, 0.15) is 12.5 Å². The Kier molecular flexibility index (Phi) is 4.52. The Hall–Kier alpha value is -2.58. The molecule has 26 heavy (non-hydrogen) atoms. The molecule has 0 aromatic carbocycles. The molecule has 134 valence electrons. The standard InChI is InChI=1S/C17H16ClFN6O/c18-13-6-21-16(23-14-3-1-2-4-20-14)24-15(13)12-5-22-25(7-12)9-17(8-19)10-26-11-17/h1-7H,8-11H2,(H,20,21,23,24). The summed E-state index contributed by atoms with van der Waals surface area (Å²) < 4.78 is 20.1. The second-order valence-corrected chi connectivity index (χ2v) is 6.69. The fourth-order valence-electron chi connectivity index (χ4n) is 2.70. The number of aromatic nitrogens is 5. The average molecular weight is 375 g/mol. The van der Waals surface area contributed by atoms with Crippen molar-refractivity contribution in [2.24, 2.45) is 5.41 Å². The fraction of sp³-hybridized carbons (Fsp3) is 0.294. The van der Waals surface area contributed by atoms with Gasteiger partial charge in [-0.3, -0.25) is 9.07 Å². The van der Waals surface area contributed by atoms with Crippen molar-refractivity contribution < 1.29 is 9.13 Å². The van der Waals surface area contributed by atoms with Gasteiger partial charge in [-0.1, -0.05) is 17.7 Å². The molecule has 0 atom stereocenters. The largest absolute Gasteiger partial charge is 0.380 e. The minimum absolute atomic E-state index is 0.378. The van der Waals surface area contributed by atoms with Crippen LogP contribution in [0, 0.1) is 5.41 Å². The molecule has 9 heteroatoms. The van der Waals surface area contributed by atoms with Gasteiger partial charge in [0, 0.05) is 18.0 Å². The molecular weight excluding hydrogens is 359 g/mol. The molecule has 1 aliphatic heterocycles. The first-order valence-electron chi connectivity index (χ1n) is 8.05. The second-order valence-electron chi connectivity index (χ2n) is 6.28. The lowest BCUT2D eigenvalue weighted by Gasteiger charge is -2.38. The van der Waals surface area contributed by atoms with Crippen molar-refractivity contribution >= 4 is 23.4 Å². The van der Waals surface area contributed by atoms with E-state index in [9.17, 15) is 4.39 Å². The molecular formula is C17H16ClFN6O. The topological polar surface area (TPSA) is 77.8 Å². The van der Waals surface area contributed by atoms with Crippen molar-refractivity contribution in [2.75, 3.05) is 25.2 Å². The average Bonchev–Trinajstić information content (AvgIpc) is 3.09. The van der Waals surface area contributed by atoms with Crippen LogP contribution in [0.25, 0.3) is 11.3 Å². The molecule has 1 fully saturated rings. The van der Waals surface area contributed by atoms with Crippen LogP contribution in [0.15, 0.2) is 43.0 Å². The Morgan fingerprint density at radius 1 is 1.27 bits per heavy atom. The van der Waals surface area contributed by atoms with Gasteiger partial charge in [0.25, 0.3) is 0 Å². The van der Waals surface area contributed by atoms with Crippen LogP contribution < -0.4 is 5.32 Å². The van der Waals surface area contributed by atoms with Gasteiger partial charge < -0.3 is 10.1 Å². The first-order chi connectivity index (χ1) is 12.7. The molecule has 1 N–H and O–H groups in total. The first-order valence-corrected chi connectivity index (χ1v) is 8.42. The maximum Gasteiger partial charge on any atom is 0.228 e. The van der Waals surface area contributed by atoms with Crippen molar-refractivity contribution in [1.29, 1.82) is 0 Å². The molecule has 0 saturated carbocycles. The Morgan fingerprint density at radius 2 is 2.15 bits per heavy atom. The summed E-state index contributed by atoms with van der Waals surface area (Å²) in [6, 6.07) is 5.50. The van der Waals surface area contributed by atoms with Gasteiger partial charge in [0.05, 0.1) is 48.3 Å². The van der Waals surface area contributed by atoms with E-state index >= 15 is 0 Å². The molecule has 4 rings (SSSR count). The molecule has 0 amide bonds. The number of halogens is 2. The maximum atomic E-state index is 13.3. The molecule has 3 aromatic rings. The third-order valence-electron chi connectivity index (χ3n) is 4.15. The monoisotopic (exact) mass is 374 g/mol. The van der Waals surface area contributed by atoms with E-state index in [1.54, 1.807) is 23.3 Å². The number of alkyl halides is 1. The van der Waals surface area contributed by atoms with Crippen molar-refractivity contribution in [3.05, 3.63) is 48.0 Å². The number of hydrogen-bond acceptors (Lipinski definition) is 6. The number of nitrogens with one attached hydrogen (secondary N) is 1. The summed E-state index contributed by atoms with van der Waals surface area (Å²) in [6.07, 6.45) is 6.65. The van der Waals surface area contributed by atoms with Crippen LogP contribution >= 0.6 is 11.6 Å². The highest BCUT2D eigenvalue weighted by Gasteiger charge is 2.39. The van der Waals surface area contributed by atoms with Gasteiger partial charge >= 0.3 is 0 Å². The number of ether oxygens (including phenoxy) is 1. The minimum Gasteiger partial charge on any atom is -0.380 e. The Labute approximate surface area is 154 Å². The third kappa shape index (κ3) is 3.38. The van der Waals surface area contributed by atoms with Crippen molar-refractivity contribution in [2.45, 2.75) is 6.54 Å². The van der Waals surface area contributed by atoms with Crippen LogP contribution in [0.1, 0.15) is 0 Å². The Bertz CT molecular complexity index is 894. The molecule has 4 heterocycles. The van der Waals surface area contributed by atoms with Gasteiger partial charge in [0.2, 0.25) is 5.95 Å². The highest BCUT2D eigenvalue weighted by molar-refractivity contribution is 6.32. The van der Waals surface area contributed by atoms with Crippen LogP contribution in [0.5, 0.6) is 0 Å². The van der Waals surface area contributed by atoms with Gasteiger partial charge in [-0.25, -0.2) is 15.0 Å². The smallest absolute Gasteiger partial charge is 0.228 e. The van der Waals surface area contributed by atoms with E-state index in [1.807, 2.05) is 18.2 Å². The molecule has 7 nitrogen and oxygen atoms in total. The summed E-state index contributed by atoms with van der Waals surface area (Å²) in [4.78, 5) is 12.8. The molecule has 1 aliphatic rings. The number of hydrogen-bond donors (Lipinski definition) is 1. The first kappa shape index (κ1) is 16.9. The van der Waals surface area contributed by atoms with E-state index in [0.717, 1.165) is 5.56 Å². The van der Waals surface area contributed by atoms with E-state index in [-0.39, 0.29) is 0 Å². The summed E-state index contributed by atoms with van der Waals surface area (Å²) in [5.74, 6) is 1.01.